The highest BCUT2D eigenvalue weighted by atomic mass is 32.1. The van der Waals surface area contributed by atoms with E-state index in [0.29, 0.717) is 10.8 Å². The van der Waals surface area contributed by atoms with Crippen molar-refractivity contribution in [1.82, 2.24) is 9.55 Å². The Morgan fingerprint density at radius 3 is 2.14 bits per heavy atom. The summed E-state index contributed by atoms with van der Waals surface area (Å²) in [5.41, 5.74) is 10.3. The fourth-order valence-corrected chi connectivity index (χ4v) is 5.89. The molecule has 0 radical (unpaired) electrons. The van der Waals surface area contributed by atoms with Gasteiger partial charge in [0.15, 0.2) is 5.13 Å². The maximum absolute atomic E-state index is 13.5. The van der Waals surface area contributed by atoms with Crippen molar-refractivity contribution in [3.8, 4) is 22.8 Å². The van der Waals surface area contributed by atoms with Crippen molar-refractivity contribution in [2.45, 2.75) is 48.5 Å². The molecule has 2 heterocycles. The van der Waals surface area contributed by atoms with Crippen LogP contribution >= 0.6 is 11.3 Å². The van der Waals surface area contributed by atoms with Crippen LogP contribution < -0.4 is 14.8 Å². The van der Waals surface area contributed by atoms with E-state index in [9.17, 15) is 4.79 Å². The summed E-state index contributed by atoms with van der Waals surface area (Å²) in [7, 11) is 5.26. The average molecular weight is 492 g/mol. The van der Waals surface area contributed by atoms with Gasteiger partial charge in [0, 0.05) is 22.9 Å². The Kier molecular flexibility index (Phi) is 6.40. The standard InChI is InChI=1S/C28H33N3O3S/c1-13-11-22(34-10)20(12-21(13)33-9)24-19(7)35-28(29-24)30-27(32)26-18(6)23-16(4)14(2)15(3)17(5)25(23)31(26)8/h11-12H,1-10H3,(H,29,30,32). The highest BCUT2D eigenvalue weighted by Crippen LogP contribution is 2.40. The van der Waals surface area contributed by atoms with Crippen molar-refractivity contribution >= 4 is 33.3 Å². The molecule has 0 saturated heterocycles. The molecule has 184 valence electrons. The Morgan fingerprint density at radius 2 is 1.51 bits per heavy atom. The molecule has 35 heavy (non-hydrogen) atoms. The van der Waals surface area contributed by atoms with E-state index in [1.54, 1.807) is 14.2 Å². The van der Waals surface area contributed by atoms with Crippen LogP contribution in [0.3, 0.4) is 0 Å². The lowest BCUT2D eigenvalue weighted by Crippen LogP contribution is -2.16. The largest absolute Gasteiger partial charge is 0.496 e. The molecule has 0 aliphatic heterocycles. The van der Waals surface area contributed by atoms with E-state index in [2.05, 4.69) is 33.0 Å². The van der Waals surface area contributed by atoms with Gasteiger partial charge in [0.1, 0.15) is 17.2 Å². The number of carbonyl (C=O) groups is 1. The molecule has 6 nitrogen and oxygen atoms in total. The van der Waals surface area contributed by atoms with Gasteiger partial charge in [-0.1, -0.05) is 0 Å². The number of methoxy groups -OCH3 is 2. The number of thiazole rings is 1. The monoisotopic (exact) mass is 491 g/mol. The molecule has 0 atom stereocenters. The number of ether oxygens (including phenoxy) is 2. The van der Waals surface area contributed by atoms with Crippen LogP contribution in [0.4, 0.5) is 5.13 Å². The second kappa shape index (κ2) is 9.04. The number of aryl methyl sites for hydroxylation is 6. The normalized spacial score (nSPS) is 11.3. The number of amides is 1. The van der Waals surface area contributed by atoms with Gasteiger partial charge >= 0.3 is 0 Å². The van der Waals surface area contributed by atoms with Gasteiger partial charge in [0.25, 0.3) is 5.91 Å². The number of hydrogen-bond donors (Lipinski definition) is 1. The van der Waals surface area contributed by atoms with Crippen molar-refractivity contribution in [2.75, 3.05) is 19.5 Å². The summed E-state index contributed by atoms with van der Waals surface area (Å²) in [5.74, 6) is 1.32. The van der Waals surface area contributed by atoms with Gasteiger partial charge in [-0.3, -0.25) is 10.1 Å². The number of anilines is 1. The van der Waals surface area contributed by atoms with Gasteiger partial charge in [0.2, 0.25) is 0 Å². The third kappa shape index (κ3) is 3.88. The highest BCUT2D eigenvalue weighted by molar-refractivity contribution is 7.16. The summed E-state index contributed by atoms with van der Waals surface area (Å²) in [6, 6.07) is 3.88. The summed E-state index contributed by atoms with van der Waals surface area (Å²) in [4.78, 5) is 19.3. The molecule has 0 saturated carbocycles. The predicted octanol–water partition coefficient (Wildman–Crippen LogP) is 6.73. The minimum atomic E-state index is -0.163. The molecule has 0 aliphatic carbocycles. The number of hydrogen-bond acceptors (Lipinski definition) is 5. The Bertz CT molecular complexity index is 1440. The number of nitrogens with zero attached hydrogens (tertiary/aromatic N) is 2. The summed E-state index contributed by atoms with van der Waals surface area (Å²) in [6.07, 6.45) is 0. The van der Waals surface area contributed by atoms with Crippen molar-refractivity contribution in [3.05, 3.63) is 56.1 Å². The molecule has 0 aliphatic rings. The van der Waals surface area contributed by atoms with Gasteiger partial charge in [-0.05, 0) is 94.0 Å². The van der Waals surface area contributed by atoms with Crippen LogP contribution in [0.15, 0.2) is 12.1 Å². The molecular weight excluding hydrogens is 458 g/mol. The van der Waals surface area contributed by atoms with Gasteiger partial charge in [-0.15, -0.1) is 11.3 Å². The molecule has 4 rings (SSSR count). The smallest absolute Gasteiger partial charge is 0.274 e. The molecule has 2 aromatic heterocycles. The molecule has 4 aromatic rings. The van der Waals surface area contributed by atoms with Crippen LogP contribution in [0.1, 0.15) is 48.7 Å². The van der Waals surface area contributed by atoms with E-state index in [-0.39, 0.29) is 5.91 Å². The maximum Gasteiger partial charge on any atom is 0.274 e. The van der Waals surface area contributed by atoms with Gasteiger partial charge in [0.05, 0.1) is 25.4 Å². The number of benzene rings is 2. The number of carbonyl (C=O) groups excluding carboxylic acids is 1. The molecule has 1 amide bonds. The lowest BCUT2D eigenvalue weighted by Gasteiger charge is -2.13. The van der Waals surface area contributed by atoms with E-state index < -0.39 is 0 Å². The first-order valence-electron chi connectivity index (χ1n) is 11.6. The third-order valence-electron chi connectivity index (χ3n) is 7.26. The van der Waals surface area contributed by atoms with Crippen LogP contribution in [-0.4, -0.2) is 29.7 Å². The summed E-state index contributed by atoms with van der Waals surface area (Å²) < 4.78 is 13.2. The summed E-state index contributed by atoms with van der Waals surface area (Å²) >= 11 is 1.45. The second-order valence-electron chi connectivity index (χ2n) is 9.16. The topological polar surface area (TPSA) is 65.4 Å². The molecule has 7 heteroatoms. The Hall–Kier alpha value is -3.32. The zero-order valence-corrected chi connectivity index (χ0v) is 23.0. The van der Waals surface area contributed by atoms with Crippen molar-refractivity contribution < 1.29 is 14.3 Å². The van der Waals surface area contributed by atoms with Gasteiger partial charge in [-0.25, -0.2) is 4.98 Å². The minimum absolute atomic E-state index is 0.163. The highest BCUT2D eigenvalue weighted by Gasteiger charge is 2.24. The average Bonchev–Trinajstić information content (AvgIpc) is 3.31. The van der Waals surface area contributed by atoms with E-state index in [4.69, 9.17) is 14.5 Å². The Morgan fingerprint density at radius 1 is 0.886 bits per heavy atom. The van der Waals surface area contributed by atoms with Gasteiger partial charge in [-0.2, -0.15) is 0 Å². The lowest BCUT2D eigenvalue weighted by molar-refractivity contribution is 0.101. The quantitative estimate of drug-likeness (QED) is 0.336. The molecule has 0 spiro atoms. The molecule has 0 unspecified atom stereocenters. The fraction of sp³-hybridized carbons (Fsp3) is 0.357. The number of fused-ring (bicyclic) bond motifs is 1. The first-order chi connectivity index (χ1) is 16.5. The Balaban J connectivity index is 1.77. The number of nitrogens with one attached hydrogen (secondary N) is 1. The van der Waals surface area contributed by atoms with Crippen LogP contribution in [-0.2, 0) is 7.05 Å². The maximum atomic E-state index is 13.5. The van der Waals surface area contributed by atoms with Gasteiger partial charge < -0.3 is 14.0 Å². The lowest BCUT2D eigenvalue weighted by atomic mass is 9.94. The van der Waals surface area contributed by atoms with Crippen LogP contribution in [0, 0.1) is 48.5 Å². The number of rotatable bonds is 5. The fourth-order valence-electron chi connectivity index (χ4n) is 5.07. The molecular formula is C28H33N3O3S. The zero-order chi connectivity index (χ0) is 25.8. The molecule has 0 fully saturated rings. The predicted molar refractivity (Wildman–Crippen MR) is 145 cm³/mol. The van der Waals surface area contributed by atoms with Crippen molar-refractivity contribution in [2.24, 2.45) is 7.05 Å². The van der Waals surface area contributed by atoms with Crippen molar-refractivity contribution in [1.29, 1.82) is 0 Å². The van der Waals surface area contributed by atoms with Crippen molar-refractivity contribution in [3.63, 3.8) is 0 Å². The van der Waals surface area contributed by atoms with Crippen LogP contribution in [0.2, 0.25) is 0 Å². The SMILES string of the molecule is COc1cc(-c2nc(NC(=O)c3c(C)c4c(C)c(C)c(C)c(C)c4n3C)sc2C)c(OC)cc1C. The summed E-state index contributed by atoms with van der Waals surface area (Å²) in [6.45, 7) is 14.6. The van der Waals surface area contributed by atoms with Crippen LogP contribution in [0.5, 0.6) is 11.5 Å². The first-order valence-corrected chi connectivity index (χ1v) is 12.4. The Labute approximate surface area is 210 Å². The van der Waals surface area contributed by atoms with E-state index >= 15 is 0 Å². The van der Waals surface area contributed by atoms with E-state index in [0.717, 1.165) is 49.7 Å². The van der Waals surface area contributed by atoms with E-state index in [1.807, 2.05) is 44.5 Å². The molecule has 0 bridgehead atoms. The van der Waals surface area contributed by atoms with E-state index in [1.165, 1.54) is 33.6 Å². The molecule has 1 N–H and O–H groups in total. The second-order valence-corrected chi connectivity index (χ2v) is 10.4. The first kappa shape index (κ1) is 24.8. The zero-order valence-electron chi connectivity index (χ0n) is 22.2. The summed E-state index contributed by atoms with van der Waals surface area (Å²) in [5, 5.41) is 4.76. The molecule has 2 aromatic carbocycles. The minimum Gasteiger partial charge on any atom is -0.496 e. The van der Waals surface area contributed by atoms with Crippen LogP contribution in [0.25, 0.3) is 22.2 Å². The number of aromatic nitrogens is 2. The third-order valence-corrected chi connectivity index (χ3v) is 8.15.